The van der Waals surface area contributed by atoms with E-state index in [1.807, 2.05) is 35.2 Å². The smallest absolute Gasteiger partial charge is 0.238 e. The molecule has 2 aliphatic heterocycles. The summed E-state index contributed by atoms with van der Waals surface area (Å²) in [6.07, 6.45) is -1.84. The summed E-state index contributed by atoms with van der Waals surface area (Å²) >= 11 is 0. The van der Waals surface area contributed by atoms with Gasteiger partial charge in [-0.3, -0.25) is 14.6 Å². The zero-order valence-electron chi connectivity index (χ0n) is 24.5. The summed E-state index contributed by atoms with van der Waals surface area (Å²) in [5, 5.41) is 24.6. The third-order valence-corrected chi connectivity index (χ3v) is 8.13. The molecule has 8 nitrogen and oxygen atoms in total. The van der Waals surface area contributed by atoms with E-state index in [2.05, 4.69) is 65.3 Å². The number of carbonyl (C=O) groups excluding carboxylic acids is 1. The highest BCUT2D eigenvalue weighted by Gasteiger charge is 2.51. The first-order valence-corrected chi connectivity index (χ1v) is 14.4. The quantitative estimate of drug-likeness (QED) is 0.378. The maximum Gasteiger partial charge on any atom is 0.238 e. The molecule has 220 valence electrons. The summed E-state index contributed by atoms with van der Waals surface area (Å²) in [6.45, 7) is 2.15. The molecule has 0 aromatic heterocycles. The van der Waals surface area contributed by atoms with Gasteiger partial charge in [0.1, 0.15) is 5.75 Å². The normalized spacial score (nSPS) is 24.4. The molecule has 2 aliphatic rings. The molecule has 1 amide bonds. The average molecular weight is 569 g/mol. The van der Waals surface area contributed by atoms with Crippen molar-refractivity contribution in [3.63, 3.8) is 0 Å². The van der Waals surface area contributed by atoms with Crippen LogP contribution in [0.4, 0.5) is 5.69 Å². The van der Waals surface area contributed by atoms with Crippen LogP contribution >= 0.6 is 0 Å². The van der Waals surface area contributed by atoms with Crippen molar-refractivity contribution in [2.24, 2.45) is 0 Å². The fourth-order valence-corrected chi connectivity index (χ4v) is 6.06. The van der Waals surface area contributed by atoms with Crippen LogP contribution in [0.2, 0.25) is 0 Å². The van der Waals surface area contributed by atoms with Crippen LogP contribution in [0.25, 0.3) is 0 Å². The number of aliphatic hydroxyl groups excluding tert-OH is 2. The van der Waals surface area contributed by atoms with Crippen LogP contribution in [0.3, 0.4) is 0 Å². The van der Waals surface area contributed by atoms with Gasteiger partial charge >= 0.3 is 0 Å². The number of amides is 1. The number of hydrogen-bond acceptors (Lipinski definition) is 7. The summed E-state index contributed by atoms with van der Waals surface area (Å²) in [7, 11) is 5.71. The Bertz CT molecular complexity index is 1390. The number of likely N-dealkylation sites (N-methyl/N-ethyl adjacent to an activating group) is 1. The highest BCUT2D eigenvalue weighted by Crippen LogP contribution is 2.42. The van der Waals surface area contributed by atoms with Gasteiger partial charge in [-0.25, -0.2) is 0 Å². The zero-order valence-corrected chi connectivity index (χ0v) is 24.5. The molecule has 2 heterocycles. The second kappa shape index (κ2) is 13.5. The third-order valence-electron chi connectivity index (χ3n) is 8.13. The minimum Gasteiger partial charge on any atom is -0.497 e. The van der Waals surface area contributed by atoms with E-state index in [1.54, 1.807) is 31.4 Å². The van der Waals surface area contributed by atoms with E-state index in [-0.39, 0.29) is 37.0 Å². The molecule has 0 aliphatic carbocycles. The van der Waals surface area contributed by atoms with E-state index in [0.717, 1.165) is 17.7 Å². The summed E-state index contributed by atoms with van der Waals surface area (Å²) < 4.78 is 5.20. The van der Waals surface area contributed by atoms with Gasteiger partial charge < -0.3 is 25.2 Å². The molecule has 3 N–H and O–H groups in total. The molecule has 8 heteroatoms. The molecule has 0 bridgehead atoms. The van der Waals surface area contributed by atoms with Crippen molar-refractivity contribution >= 4 is 11.6 Å². The second-order valence-electron chi connectivity index (χ2n) is 11.5. The Hall–Kier alpha value is -3.71. The highest BCUT2D eigenvalue weighted by atomic mass is 16.5. The van der Waals surface area contributed by atoms with E-state index >= 15 is 0 Å². The van der Waals surface area contributed by atoms with Gasteiger partial charge in [0.05, 0.1) is 25.9 Å². The van der Waals surface area contributed by atoms with Gasteiger partial charge in [-0.2, -0.15) is 0 Å². The summed E-state index contributed by atoms with van der Waals surface area (Å²) in [6, 6.07) is 25.9. The predicted octanol–water partition coefficient (Wildman–Crippen LogP) is 2.47. The van der Waals surface area contributed by atoms with Gasteiger partial charge in [-0.1, -0.05) is 42.2 Å². The molecule has 3 aromatic carbocycles. The molecule has 3 aromatic rings. The lowest BCUT2D eigenvalue weighted by Crippen LogP contribution is -2.71. The number of aliphatic hydroxyl groups is 2. The van der Waals surface area contributed by atoms with Gasteiger partial charge in [-0.15, -0.1) is 0 Å². The lowest BCUT2D eigenvalue weighted by atomic mass is 9.73. The molecule has 0 spiro atoms. The first-order valence-electron chi connectivity index (χ1n) is 14.4. The minimum absolute atomic E-state index is 0.0899. The van der Waals surface area contributed by atoms with Crippen LogP contribution in [0, 0.1) is 11.8 Å². The highest BCUT2D eigenvalue weighted by molar-refractivity contribution is 5.92. The number of ether oxygens (including phenoxy) is 1. The average Bonchev–Trinajstić information content (AvgIpc) is 2.98. The van der Waals surface area contributed by atoms with Crippen molar-refractivity contribution in [3.05, 3.63) is 95.6 Å². The van der Waals surface area contributed by atoms with Crippen LogP contribution in [0.1, 0.15) is 22.6 Å². The number of fused-ring (bicyclic) bond motifs is 1. The van der Waals surface area contributed by atoms with E-state index in [1.165, 1.54) is 5.56 Å². The van der Waals surface area contributed by atoms with E-state index in [9.17, 15) is 15.0 Å². The van der Waals surface area contributed by atoms with Crippen LogP contribution in [-0.2, 0) is 4.79 Å². The van der Waals surface area contributed by atoms with Crippen molar-refractivity contribution in [2.45, 2.75) is 30.2 Å². The van der Waals surface area contributed by atoms with Crippen LogP contribution in [-0.4, -0.2) is 109 Å². The number of anilines is 1. The number of benzene rings is 3. The molecular formula is C34H40N4O4. The first kappa shape index (κ1) is 29.8. The van der Waals surface area contributed by atoms with Crippen molar-refractivity contribution in [2.75, 3.05) is 59.2 Å². The maximum atomic E-state index is 13.0. The third kappa shape index (κ3) is 7.19. The van der Waals surface area contributed by atoms with E-state index in [0.29, 0.717) is 24.5 Å². The summed E-state index contributed by atoms with van der Waals surface area (Å²) in [4.78, 5) is 19.5. The van der Waals surface area contributed by atoms with Crippen LogP contribution in [0.5, 0.6) is 5.75 Å². The summed E-state index contributed by atoms with van der Waals surface area (Å²) in [5.41, 5.74) is 3.83. The van der Waals surface area contributed by atoms with E-state index in [4.69, 9.17) is 4.74 Å². The number of rotatable bonds is 7. The fourth-order valence-electron chi connectivity index (χ4n) is 6.06. The largest absolute Gasteiger partial charge is 0.497 e. The van der Waals surface area contributed by atoms with Crippen molar-refractivity contribution in [3.8, 4) is 17.6 Å². The number of methoxy groups -OCH3 is 1. The van der Waals surface area contributed by atoms with Crippen LogP contribution in [0.15, 0.2) is 78.9 Å². The van der Waals surface area contributed by atoms with Gasteiger partial charge in [0, 0.05) is 61.0 Å². The zero-order chi connectivity index (χ0) is 29.6. The van der Waals surface area contributed by atoms with Crippen molar-refractivity contribution < 1.29 is 19.7 Å². The minimum atomic E-state index is -0.943. The molecule has 0 unspecified atom stereocenters. The van der Waals surface area contributed by atoms with Gasteiger partial charge in [-0.05, 0) is 68.2 Å². The molecule has 0 saturated carbocycles. The Morgan fingerprint density at radius 2 is 1.55 bits per heavy atom. The monoisotopic (exact) mass is 568 g/mol. The Morgan fingerprint density at radius 1 is 0.905 bits per heavy atom. The second-order valence-corrected chi connectivity index (χ2v) is 11.5. The lowest BCUT2D eigenvalue weighted by Gasteiger charge is -2.59. The molecule has 0 radical (unpaired) electrons. The Balaban J connectivity index is 1.34. The Kier molecular flexibility index (Phi) is 9.58. The number of nitrogens with one attached hydrogen (secondary N) is 1. The first-order chi connectivity index (χ1) is 20.3. The Labute approximate surface area is 248 Å². The van der Waals surface area contributed by atoms with Gasteiger partial charge in [0.2, 0.25) is 5.91 Å². The molecule has 5 atom stereocenters. The van der Waals surface area contributed by atoms with E-state index < -0.39 is 12.2 Å². The Morgan fingerprint density at radius 3 is 2.19 bits per heavy atom. The fraction of sp³-hybridized carbons (Fsp3) is 0.382. The maximum absolute atomic E-state index is 13.0. The summed E-state index contributed by atoms with van der Waals surface area (Å²) in [5.74, 6) is 7.23. The van der Waals surface area contributed by atoms with Gasteiger partial charge in [0.25, 0.3) is 0 Å². The molecule has 2 saturated heterocycles. The topological polar surface area (TPSA) is 88.5 Å². The molecule has 42 heavy (non-hydrogen) atoms. The SMILES string of the molecule is COc1ccc(NC(=O)CN2C[C@@H](O)[C@@H](O)CN3[C@H](CN(C)C)[C@H](c4ccc(C#Cc5ccccc5)cc4)[C@@H]3C2)cc1. The number of nitrogens with zero attached hydrogens (tertiary/aromatic N) is 3. The van der Waals surface area contributed by atoms with Gasteiger partial charge in [0.15, 0.2) is 0 Å². The van der Waals surface area contributed by atoms with Crippen molar-refractivity contribution in [1.29, 1.82) is 0 Å². The predicted molar refractivity (Wildman–Crippen MR) is 165 cm³/mol. The number of carbonyl (C=O) groups is 1. The molecular weight excluding hydrogens is 528 g/mol. The number of β-amino-alcohol motifs (C(OH)–C–C–N with tert-alkyl or cyclic N) is 1. The molecule has 2 fully saturated rings. The number of hydrogen-bond donors (Lipinski definition) is 3. The molecule has 5 rings (SSSR count). The van der Waals surface area contributed by atoms with Crippen LogP contribution < -0.4 is 10.1 Å². The lowest BCUT2D eigenvalue weighted by molar-refractivity contribution is -0.126. The standard InChI is InChI=1S/C34H40N4O4/c1-36(2)19-29-34(26-13-11-25(12-14-26)10-9-24-7-5-4-6-8-24)30-20-37(21-31(39)32(40)22-38(29)30)23-33(41)35-27-15-17-28(42-3)18-16-27/h4-8,11-18,29-32,34,39-40H,19-23H2,1-3H3,(H,35,41)/t29-,30+,31-,32+,34+/m1/s1. The van der Waals surface area contributed by atoms with Crippen molar-refractivity contribution in [1.82, 2.24) is 14.7 Å².